The van der Waals surface area contributed by atoms with Crippen molar-refractivity contribution in [2.75, 3.05) is 14.2 Å². The van der Waals surface area contributed by atoms with Gasteiger partial charge in [-0.15, -0.1) is 0 Å². The van der Waals surface area contributed by atoms with Crippen LogP contribution in [0.4, 0.5) is 8.78 Å². The maximum Gasteiger partial charge on any atom is 0.309 e. The molecule has 0 aliphatic heterocycles. The molecule has 0 saturated heterocycles. The lowest BCUT2D eigenvalue weighted by Crippen LogP contribution is -2.34. The van der Waals surface area contributed by atoms with E-state index in [-0.39, 0.29) is 30.0 Å². The van der Waals surface area contributed by atoms with E-state index in [0.717, 1.165) is 0 Å². The first-order chi connectivity index (χ1) is 7.01. The molecule has 0 spiro atoms. The fourth-order valence-electron chi connectivity index (χ4n) is 2.10. The summed E-state index contributed by atoms with van der Waals surface area (Å²) in [7, 11) is 2.54. The molecule has 2 rings (SSSR count). The predicted molar refractivity (Wildman–Crippen MR) is 47.2 cm³/mol. The lowest BCUT2D eigenvalue weighted by Gasteiger charge is -2.31. The number of carbonyl (C=O) groups excluding carboxylic acids is 1. The topological polar surface area (TPSA) is 35.5 Å². The Hall–Kier alpha value is -1.13. The van der Waals surface area contributed by atoms with E-state index in [9.17, 15) is 13.6 Å². The first-order valence-corrected chi connectivity index (χ1v) is 4.74. The van der Waals surface area contributed by atoms with Gasteiger partial charge in [0.2, 0.25) is 0 Å². The second-order valence-corrected chi connectivity index (χ2v) is 3.91. The van der Waals surface area contributed by atoms with Gasteiger partial charge in [-0.25, -0.2) is 0 Å². The van der Waals surface area contributed by atoms with Crippen LogP contribution in [0.25, 0.3) is 0 Å². The molecule has 3 nitrogen and oxygen atoms in total. The molecule has 1 fully saturated rings. The van der Waals surface area contributed by atoms with Crippen LogP contribution in [-0.2, 0) is 14.3 Å². The predicted octanol–water partition coefficient (Wildman–Crippen LogP) is 1.74. The summed E-state index contributed by atoms with van der Waals surface area (Å²) >= 11 is 0. The van der Waals surface area contributed by atoms with Crippen molar-refractivity contribution in [2.45, 2.75) is 18.8 Å². The molecule has 0 bridgehead atoms. The number of carbonyl (C=O) groups is 1. The van der Waals surface area contributed by atoms with Crippen LogP contribution in [0.15, 0.2) is 11.3 Å². The molecule has 0 aromatic heterocycles. The number of esters is 1. The zero-order valence-electron chi connectivity index (χ0n) is 8.55. The summed E-state index contributed by atoms with van der Waals surface area (Å²) in [5.41, 5.74) is 0.581. The van der Waals surface area contributed by atoms with Crippen molar-refractivity contribution in [1.29, 1.82) is 0 Å². The summed E-state index contributed by atoms with van der Waals surface area (Å²) in [5, 5.41) is 0. The van der Waals surface area contributed by atoms with Gasteiger partial charge < -0.3 is 9.47 Å². The van der Waals surface area contributed by atoms with Crippen LogP contribution in [-0.4, -0.2) is 26.1 Å². The normalized spacial score (nSPS) is 32.0. The Bertz CT molecular complexity index is 336. The van der Waals surface area contributed by atoms with Crippen LogP contribution < -0.4 is 0 Å². The third-order valence-corrected chi connectivity index (χ3v) is 2.98. The fraction of sp³-hybridized carbons (Fsp3) is 0.700. The summed E-state index contributed by atoms with van der Waals surface area (Å²) in [6.45, 7) is 0. The number of methoxy groups -OCH3 is 2. The monoisotopic (exact) mass is 218 g/mol. The molecule has 84 valence electrons. The molecule has 0 radical (unpaired) electrons. The van der Waals surface area contributed by atoms with Gasteiger partial charge in [0.25, 0.3) is 0 Å². The Labute approximate surface area is 86.0 Å². The van der Waals surface area contributed by atoms with Crippen LogP contribution in [0.3, 0.4) is 0 Å². The standard InChI is InChI=1S/C10H12F2O3/c1-14-8-7(4-10(8,11)12)5-3-6(5)9(13)15-2/h5-6H,3-4H2,1-2H3/t5-,6-/m1/s1. The number of allylic oxidation sites excluding steroid dienone is 2. The zero-order chi connectivity index (χ0) is 11.2. The largest absolute Gasteiger partial charge is 0.495 e. The van der Waals surface area contributed by atoms with E-state index in [2.05, 4.69) is 9.47 Å². The Morgan fingerprint density at radius 2 is 2.13 bits per heavy atom. The van der Waals surface area contributed by atoms with Gasteiger partial charge in [-0.1, -0.05) is 0 Å². The number of alkyl halides is 2. The summed E-state index contributed by atoms with van der Waals surface area (Å²) in [4.78, 5) is 11.1. The maximum atomic E-state index is 13.0. The number of hydrogen-bond donors (Lipinski definition) is 0. The smallest absolute Gasteiger partial charge is 0.309 e. The molecular weight excluding hydrogens is 206 g/mol. The van der Waals surface area contributed by atoms with E-state index in [1.807, 2.05) is 0 Å². The third kappa shape index (κ3) is 1.50. The van der Waals surface area contributed by atoms with E-state index in [1.165, 1.54) is 14.2 Å². The first kappa shape index (κ1) is 10.4. The van der Waals surface area contributed by atoms with Gasteiger partial charge >= 0.3 is 11.9 Å². The highest BCUT2D eigenvalue weighted by Gasteiger charge is 2.57. The number of rotatable bonds is 3. The average molecular weight is 218 g/mol. The molecule has 2 atom stereocenters. The molecule has 0 aromatic rings. The molecule has 0 unspecified atom stereocenters. The summed E-state index contributed by atoms with van der Waals surface area (Å²) in [5.74, 6) is -3.75. The van der Waals surface area contributed by atoms with Crippen LogP contribution in [0.1, 0.15) is 12.8 Å². The van der Waals surface area contributed by atoms with Crippen molar-refractivity contribution >= 4 is 5.97 Å². The van der Waals surface area contributed by atoms with Crippen LogP contribution in [0.2, 0.25) is 0 Å². The zero-order valence-corrected chi connectivity index (χ0v) is 8.55. The van der Waals surface area contributed by atoms with E-state index >= 15 is 0 Å². The van der Waals surface area contributed by atoms with Gasteiger partial charge in [0.05, 0.1) is 20.1 Å². The van der Waals surface area contributed by atoms with E-state index in [1.54, 1.807) is 0 Å². The molecule has 2 aliphatic rings. The quantitative estimate of drug-likeness (QED) is 0.677. The number of halogens is 2. The maximum absolute atomic E-state index is 13.0. The minimum atomic E-state index is -2.84. The van der Waals surface area contributed by atoms with Crippen LogP contribution in [0.5, 0.6) is 0 Å². The summed E-state index contributed by atoms with van der Waals surface area (Å²) < 4.78 is 35.1. The molecule has 1 saturated carbocycles. The Morgan fingerprint density at radius 3 is 2.60 bits per heavy atom. The van der Waals surface area contributed by atoms with Gasteiger partial charge in [0.1, 0.15) is 0 Å². The molecule has 5 heteroatoms. The molecule has 2 aliphatic carbocycles. The first-order valence-electron chi connectivity index (χ1n) is 4.74. The van der Waals surface area contributed by atoms with Crippen LogP contribution >= 0.6 is 0 Å². The molecule has 0 heterocycles. The van der Waals surface area contributed by atoms with Crippen molar-refractivity contribution in [2.24, 2.45) is 11.8 Å². The Morgan fingerprint density at radius 1 is 1.47 bits per heavy atom. The average Bonchev–Trinajstić information content (AvgIpc) is 2.93. The van der Waals surface area contributed by atoms with Gasteiger partial charge in [-0.3, -0.25) is 4.79 Å². The molecule has 0 N–H and O–H groups in total. The lowest BCUT2D eigenvalue weighted by molar-refractivity contribution is -0.142. The molecule has 0 aromatic carbocycles. The van der Waals surface area contributed by atoms with Gasteiger partial charge in [0.15, 0.2) is 5.76 Å². The fourth-order valence-corrected chi connectivity index (χ4v) is 2.10. The second kappa shape index (κ2) is 3.18. The second-order valence-electron chi connectivity index (χ2n) is 3.91. The number of hydrogen-bond acceptors (Lipinski definition) is 3. The van der Waals surface area contributed by atoms with E-state index < -0.39 is 5.92 Å². The van der Waals surface area contributed by atoms with E-state index in [4.69, 9.17) is 0 Å². The van der Waals surface area contributed by atoms with Gasteiger partial charge in [-0.05, 0) is 17.9 Å². The van der Waals surface area contributed by atoms with Crippen molar-refractivity contribution < 1.29 is 23.0 Å². The van der Waals surface area contributed by atoms with Gasteiger partial charge in [0, 0.05) is 6.42 Å². The van der Waals surface area contributed by atoms with Crippen molar-refractivity contribution in [3.8, 4) is 0 Å². The highest BCUT2D eigenvalue weighted by atomic mass is 19.3. The van der Waals surface area contributed by atoms with E-state index in [0.29, 0.717) is 12.0 Å². The third-order valence-electron chi connectivity index (χ3n) is 2.98. The molecular formula is C10H12F2O3. The summed E-state index contributed by atoms with van der Waals surface area (Å²) in [6, 6.07) is 0. The van der Waals surface area contributed by atoms with Crippen molar-refractivity contribution in [3.05, 3.63) is 11.3 Å². The SMILES string of the molecule is COC(=O)[C@@H]1C[C@H]1C1=C(OC)C(F)(F)C1. The Balaban J connectivity index is 2.07. The van der Waals surface area contributed by atoms with Crippen LogP contribution in [0, 0.1) is 11.8 Å². The minimum Gasteiger partial charge on any atom is -0.495 e. The minimum absolute atomic E-state index is 0.0907. The highest BCUT2D eigenvalue weighted by Crippen LogP contribution is 2.56. The number of ether oxygens (including phenoxy) is 2. The Kier molecular flexibility index (Phi) is 2.20. The van der Waals surface area contributed by atoms with Gasteiger partial charge in [-0.2, -0.15) is 8.78 Å². The van der Waals surface area contributed by atoms with Crippen molar-refractivity contribution in [3.63, 3.8) is 0 Å². The lowest BCUT2D eigenvalue weighted by atomic mass is 9.87. The summed E-state index contributed by atoms with van der Waals surface area (Å²) in [6.07, 6.45) is 0.319. The molecule has 15 heavy (non-hydrogen) atoms. The molecule has 0 amide bonds. The van der Waals surface area contributed by atoms with Crippen molar-refractivity contribution in [1.82, 2.24) is 0 Å². The highest BCUT2D eigenvalue weighted by molar-refractivity contribution is 5.76.